The zero-order chi connectivity index (χ0) is 14.8. The van der Waals surface area contributed by atoms with E-state index in [1.165, 1.54) is 18.3 Å². The third-order valence-corrected chi connectivity index (χ3v) is 3.90. The number of aromatic nitrogens is 1. The van der Waals surface area contributed by atoms with Gasteiger partial charge < -0.3 is 10.7 Å². The van der Waals surface area contributed by atoms with Crippen LogP contribution >= 0.6 is 0 Å². The number of nitrogens with one attached hydrogen (secondary N) is 2. The van der Waals surface area contributed by atoms with Gasteiger partial charge in [0.05, 0.1) is 11.3 Å². The Balaban J connectivity index is 2.47. The predicted octanol–water partition coefficient (Wildman–Crippen LogP) is 0.275. The smallest absolute Gasteiger partial charge is 0.267 e. The molecule has 0 bridgehead atoms. The molecule has 1 aromatic carbocycles. The van der Waals surface area contributed by atoms with Crippen LogP contribution in [0.2, 0.25) is 0 Å². The van der Waals surface area contributed by atoms with E-state index in [9.17, 15) is 18.0 Å². The maximum atomic E-state index is 12.1. The molecule has 0 radical (unpaired) electrons. The van der Waals surface area contributed by atoms with Crippen molar-refractivity contribution in [1.82, 2.24) is 4.98 Å². The molecule has 0 atom stereocenters. The van der Waals surface area contributed by atoms with Crippen molar-refractivity contribution in [3.8, 4) is 0 Å². The molecule has 4 N–H and O–H groups in total. The molecule has 0 spiro atoms. The number of hydrogen-bond donors (Lipinski definition) is 3. The predicted molar refractivity (Wildman–Crippen MR) is 72.8 cm³/mol. The lowest BCUT2D eigenvalue weighted by molar-refractivity contribution is 0.100. The Labute approximate surface area is 114 Å². The molecule has 0 saturated carbocycles. The van der Waals surface area contributed by atoms with Gasteiger partial charge in [-0.2, -0.15) is 0 Å². The zero-order valence-corrected chi connectivity index (χ0v) is 11.0. The maximum Gasteiger partial charge on any atom is 0.267 e. The Bertz CT molecular complexity index is 811. The van der Waals surface area contributed by atoms with Gasteiger partial charge in [0.25, 0.3) is 15.9 Å². The average Bonchev–Trinajstić information content (AvgIpc) is 2.39. The molecule has 7 nitrogen and oxygen atoms in total. The van der Waals surface area contributed by atoms with Crippen molar-refractivity contribution in [2.45, 2.75) is 4.90 Å². The van der Waals surface area contributed by atoms with Gasteiger partial charge in [-0.25, -0.2) is 8.42 Å². The van der Waals surface area contributed by atoms with Crippen LogP contribution < -0.4 is 15.9 Å². The summed E-state index contributed by atoms with van der Waals surface area (Å²) < 4.78 is 26.4. The van der Waals surface area contributed by atoms with E-state index in [1.807, 2.05) is 0 Å². The molecule has 1 aromatic heterocycles. The summed E-state index contributed by atoms with van der Waals surface area (Å²) in [5.74, 6) is -0.773. The summed E-state index contributed by atoms with van der Waals surface area (Å²) in [5.41, 5.74) is 4.53. The Morgan fingerprint density at radius 3 is 2.55 bits per heavy atom. The van der Waals surface area contributed by atoms with Crippen LogP contribution in [0.15, 0.2) is 52.4 Å². The maximum absolute atomic E-state index is 12.1. The highest BCUT2D eigenvalue weighted by atomic mass is 32.2. The molecule has 2 aromatic rings. The second kappa shape index (κ2) is 5.17. The molecular formula is C12H11N3O4S. The second-order valence-electron chi connectivity index (χ2n) is 3.89. The lowest BCUT2D eigenvalue weighted by Crippen LogP contribution is -2.23. The van der Waals surface area contributed by atoms with E-state index in [4.69, 9.17) is 5.73 Å². The molecule has 0 aliphatic heterocycles. The number of amides is 1. The summed E-state index contributed by atoms with van der Waals surface area (Å²) in [7, 11) is -4.10. The Morgan fingerprint density at radius 2 is 1.90 bits per heavy atom. The van der Waals surface area contributed by atoms with Gasteiger partial charge in [0.1, 0.15) is 0 Å². The van der Waals surface area contributed by atoms with E-state index in [2.05, 4.69) is 9.71 Å². The lowest BCUT2D eigenvalue weighted by Gasteiger charge is -2.10. The number of sulfonamides is 1. The molecule has 1 heterocycles. The SMILES string of the molecule is NC(=O)c1ccccc1NS(=O)(=O)c1c[nH]ccc1=O. The Morgan fingerprint density at radius 1 is 1.20 bits per heavy atom. The highest BCUT2D eigenvalue weighted by Gasteiger charge is 2.20. The molecule has 2 rings (SSSR count). The van der Waals surface area contributed by atoms with Crippen molar-refractivity contribution < 1.29 is 13.2 Å². The van der Waals surface area contributed by atoms with Crippen LogP contribution in [0.1, 0.15) is 10.4 Å². The fourth-order valence-electron chi connectivity index (χ4n) is 1.60. The molecule has 0 saturated heterocycles. The largest absolute Gasteiger partial charge is 0.366 e. The van der Waals surface area contributed by atoms with Gasteiger partial charge in [0.2, 0.25) is 5.43 Å². The van der Waals surface area contributed by atoms with Crippen LogP contribution in [-0.4, -0.2) is 19.3 Å². The van der Waals surface area contributed by atoms with Gasteiger partial charge >= 0.3 is 0 Å². The normalized spacial score (nSPS) is 11.0. The van der Waals surface area contributed by atoms with Crippen LogP contribution in [0, 0.1) is 0 Å². The van der Waals surface area contributed by atoms with Crippen LogP contribution in [0.25, 0.3) is 0 Å². The number of nitrogens with two attached hydrogens (primary N) is 1. The Hall–Kier alpha value is -2.61. The molecular weight excluding hydrogens is 282 g/mol. The van der Waals surface area contributed by atoms with Crippen molar-refractivity contribution in [2.75, 3.05) is 4.72 Å². The Kier molecular flexibility index (Phi) is 3.57. The topological polar surface area (TPSA) is 122 Å². The number of anilines is 1. The van der Waals surface area contributed by atoms with Gasteiger partial charge in [0, 0.05) is 18.5 Å². The molecule has 0 aliphatic carbocycles. The van der Waals surface area contributed by atoms with Crippen LogP contribution in [0.3, 0.4) is 0 Å². The van der Waals surface area contributed by atoms with Crippen molar-refractivity contribution in [2.24, 2.45) is 5.73 Å². The highest BCUT2D eigenvalue weighted by Crippen LogP contribution is 2.17. The third-order valence-electron chi connectivity index (χ3n) is 2.51. The number of hydrogen-bond acceptors (Lipinski definition) is 4. The number of aromatic amines is 1. The number of primary amides is 1. The van der Waals surface area contributed by atoms with E-state index < -0.39 is 26.3 Å². The molecule has 8 heteroatoms. The van der Waals surface area contributed by atoms with Crippen molar-refractivity contribution >= 4 is 21.6 Å². The minimum atomic E-state index is -4.10. The number of carbonyl (C=O) groups is 1. The number of pyridine rings is 1. The quantitative estimate of drug-likeness (QED) is 0.749. The lowest BCUT2D eigenvalue weighted by atomic mass is 10.2. The molecule has 1 amide bonds. The van der Waals surface area contributed by atoms with Crippen LogP contribution in [-0.2, 0) is 10.0 Å². The summed E-state index contributed by atoms with van der Waals surface area (Å²) in [6.07, 6.45) is 2.39. The monoisotopic (exact) mass is 293 g/mol. The van der Waals surface area contributed by atoms with E-state index in [1.54, 1.807) is 12.1 Å². The zero-order valence-electron chi connectivity index (χ0n) is 10.2. The first-order valence-electron chi connectivity index (χ1n) is 5.50. The minimum Gasteiger partial charge on any atom is -0.366 e. The van der Waals surface area contributed by atoms with Gasteiger partial charge in [0.15, 0.2) is 4.90 Å². The summed E-state index contributed by atoms with van der Waals surface area (Å²) >= 11 is 0. The van der Waals surface area contributed by atoms with Gasteiger partial charge in [-0.05, 0) is 12.1 Å². The fraction of sp³-hybridized carbons (Fsp3) is 0. The fourth-order valence-corrected chi connectivity index (χ4v) is 2.73. The third kappa shape index (κ3) is 2.69. The molecule has 0 fully saturated rings. The van der Waals surface area contributed by atoms with Crippen molar-refractivity contribution in [1.29, 1.82) is 0 Å². The minimum absolute atomic E-state index is 0.0169. The van der Waals surface area contributed by atoms with E-state index in [0.717, 1.165) is 12.3 Å². The van der Waals surface area contributed by atoms with Crippen molar-refractivity contribution in [3.05, 3.63) is 58.5 Å². The summed E-state index contributed by atoms with van der Waals surface area (Å²) in [6, 6.07) is 6.95. The number of H-pyrrole nitrogens is 1. The average molecular weight is 293 g/mol. The second-order valence-corrected chi connectivity index (χ2v) is 5.54. The summed E-state index contributed by atoms with van der Waals surface area (Å²) in [6.45, 7) is 0. The van der Waals surface area contributed by atoms with Crippen LogP contribution in [0.4, 0.5) is 5.69 Å². The first-order valence-corrected chi connectivity index (χ1v) is 6.99. The summed E-state index contributed by atoms with van der Waals surface area (Å²) in [5, 5.41) is 0. The first kappa shape index (κ1) is 13.8. The summed E-state index contributed by atoms with van der Waals surface area (Å²) in [4.78, 5) is 24.8. The molecule has 0 unspecified atom stereocenters. The number of benzene rings is 1. The molecule has 20 heavy (non-hydrogen) atoms. The van der Waals surface area contributed by atoms with Gasteiger partial charge in [-0.3, -0.25) is 14.3 Å². The van der Waals surface area contributed by atoms with E-state index in [-0.39, 0.29) is 11.3 Å². The number of para-hydroxylation sites is 1. The highest BCUT2D eigenvalue weighted by molar-refractivity contribution is 7.92. The van der Waals surface area contributed by atoms with Gasteiger partial charge in [-0.15, -0.1) is 0 Å². The van der Waals surface area contributed by atoms with Crippen molar-refractivity contribution in [3.63, 3.8) is 0 Å². The first-order chi connectivity index (χ1) is 9.42. The van der Waals surface area contributed by atoms with Crippen LogP contribution in [0.5, 0.6) is 0 Å². The van der Waals surface area contributed by atoms with Gasteiger partial charge in [-0.1, -0.05) is 12.1 Å². The number of rotatable bonds is 4. The molecule has 0 aliphatic rings. The standard InChI is InChI=1S/C12H11N3O4S/c13-12(17)8-3-1-2-4-9(8)15-20(18,19)11-7-14-6-5-10(11)16/h1-7,15H,(H2,13,17)(H,14,16). The molecule has 104 valence electrons. The van der Waals surface area contributed by atoms with E-state index >= 15 is 0 Å². The number of carbonyl (C=O) groups excluding carboxylic acids is 1. The van der Waals surface area contributed by atoms with E-state index in [0.29, 0.717) is 0 Å².